The molecule has 0 spiro atoms. The summed E-state index contributed by atoms with van der Waals surface area (Å²) in [5, 5.41) is 44.8. The van der Waals surface area contributed by atoms with Gasteiger partial charge in [-0.3, -0.25) is 20.2 Å². The minimum Gasteiger partial charge on any atom is -0.506 e. The Hall–Kier alpha value is -4.08. The zero-order chi connectivity index (χ0) is 20.3. The summed E-state index contributed by atoms with van der Waals surface area (Å²) in [7, 11) is 0. The van der Waals surface area contributed by atoms with E-state index in [0.29, 0.717) is 11.9 Å². The third kappa shape index (κ3) is 3.56. The van der Waals surface area contributed by atoms with Gasteiger partial charge in [0, 0.05) is 35.1 Å². The summed E-state index contributed by atoms with van der Waals surface area (Å²) >= 11 is 0. The van der Waals surface area contributed by atoms with Crippen LogP contribution in [0.4, 0.5) is 28.4 Å². The van der Waals surface area contributed by atoms with E-state index in [1.807, 2.05) is 19.1 Å². The van der Waals surface area contributed by atoms with Gasteiger partial charge in [0.2, 0.25) is 0 Å². The molecular weight excluding hydrogens is 366 g/mol. The number of nitro benzene ring substituents is 2. The Kier molecular flexibility index (Phi) is 5.12. The number of phenols is 1. The first kappa shape index (κ1) is 18.7. The van der Waals surface area contributed by atoms with E-state index in [4.69, 9.17) is 0 Å². The molecule has 0 aliphatic carbocycles. The summed E-state index contributed by atoms with van der Waals surface area (Å²) in [4.78, 5) is 20.6. The van der Waals surface area contributed by atoms with Crippen LogP contribution in [0, 0.1) is 20.2 Å². The van der Waals surface area contributed by atoms with E-state index in [1.54, 1.807) is 12.1 Å². The Morgan fingerprint density at radius 3 is 2.36 bits per heavy atom. The van der Waals surface area contributed by atoms with E-state index in [-0.39, 0.29) is 17.1 Å². The first-order chi connectivity index (χ1) is 13.4. The number of hydrogen-bond acceptors (Lipinski definition) is 8. The molecule has 0 amide bonds. The highest BCUT2D eigenvalue weighted by molar-refractivity contribution is 6.03. The van der Waals surface area contributed by atoms with Crippen LogP contribution >= 0.6 is 0 Å². The fraction of sp³-hybridized carbons (Fsp3) is 0.111. The maximum atomic E-state index is 11.2. The van der Waals surface area contributed by atoms with Crippen LogP contribution in [0.1, 0.15) is 6.92 Å². The van der Waals surface area contributed by atoms with Crippen molar-refractivity contribution in [3.8, 4) is 5.75 Å². The Morgan fingerprint density at radius 1 is 1.00 bits per heavy atom. The van der Waals surface area contributed by atoms with Gasteiger partial charge in [-0.15, -0.1) is 10.2 Å². The average Bonchev–Trinajstić information content (AvgIpc) is 2.67. The Morgan fingerprint density at radius 2 is 1.71 bits per heavy atom. The number of fused-ring (bicyclic) bond motifs is 1. The number of hydrogen-bond donors (Lipinski definition) is 2. The van der Waals surface area contributed by atoms with Gasteiger partial charge in [0.25, 0.3) is 5.69 Å². The molecule has 0 unspecified atom stereocenters. The van der Waals surface area contributed by atoms with Gasteiger partial charge in [-0.2, -0.15) is 0 Å². The summed E-state index contributed by atoms with van der Waals surface area (Å²) < 4.78 is 0. The third-order valence-corrected chi connectivity index (χ3v) is 3.99. The number of benzene rings is 3. The average molecular weight is 381 g/mol. The van der Waals surface area contributed by atoms with Gasteiger partial charge in [-0.25, -0.2) is 0 Å². The normalized spacial score (nSPS) is 11.0. The van der Waals surface area contributed by atoms with Crippen molar-refractivity contribution in [1.29, 1.82) is 0 Å². The molecule has 2 N–H and O–H groups in total. The van der Waals surface area contributed by atoms with Crippen LogP contribution in [0.15, 0.2) is 58.8 Å². The third-order valence-electron chi connectivity index (χ3n) is 3.99. The maximum absolute atomic E-state index is 11.2. The zero-order valence-electron chi connectivity index (χ0n) is 14.7. The Balaban J connectivity index is 2.12. The highest BCUT2D eigenvalue weighted by Crippen LogP contribution is 2.41. The Bertz CT molecular complexity index is 1110. The van der Waals surface area contributed by atoms with Crippen molar-refractivity contribution < 1.29 is 15.0 Å². The number of non-ortho nitro benzene ring substituents is 1. The fourth-order valence-corrected chi connectivity index (χ4v) is 2.75. The van der Waals surface area contributed by atoms with Crippen LogP contribution in [-0.4, -0.2) is 21.5 Å². The minimum atomic E-state index is -0.770. The van der Waals surface area contributed by atoms with E-state index in [0.717, 1.165) is 29.3 Å². The fourth-order valence-electron chi connectivity index (χ4n) is 2.75. The molecule has 0 aliphatic rings. The molecule has 10 nitrogen and oxygen atoms in total. The molecule has 0 aliphatic heterocycles. The van der Waals surface area contributed by atoms with Crippen molar-refractivity contribution in [3.05, 3.63) is 68.8 Å². The van der Waals surface area contributed by atoms with Crippen LogP contribution in [0.3, 0.4) is 0 Å². The molecule has 0 fully saturated rings. The van der Waals surface area contributed by atoms with Crippen molar-refractivity contribution in [3.63, 3.8) is 0 Å². The molecule has 28 heavy (non-hydrogen) atoms. The topological polar surface area (TPSA) is 143 Å². The first-order valence-electron chi connectivity index (χ1n) is 8.25. The van der Waals surface area contributed by atoms with Gasteiger partial charge in [0.1, 0.15) is 11.4 Å². The van der Waals surface area contributed by atoms with Crippen LogP contribution < -0.4 is 5.32 Å². The number of azo groups is 1. The van der Waals surface area contributed by atoms with Gasteiger partial charge in [0.05, 0.1) is 15.9 Å². The highest BCUT2D eigenvalue weighted by Gasteiger charge is 2.20. The summed E-state index contributed by atoms with van der Waals surface area (Å²) in [6.07, 6.45) is 0. The maximum Gasteiger partial charge on any atom is 0.303 e. The number of nitrogens with zero attached hydrogens (tertiary/aromatic N) is 4. The quantitative estimate of drug-likeness (QED) is 0.341. The van der Waals surface area contributed by atoms with Crippen LogP contribution in [0.5, 0.6) is 5.75 Å². The lowest BCUT2D eigenvalue weighted by molar-refractivity contribution is -0.393. The second-order valence-electron chi connectivity index (χ2n) is 5.76. The molecule has 0 bridgehead atoms. The summed E-state index contributed by atoms with van der Waals surface area (Å²) in [6, 6.07) is 11.8. The molecule has 0 saturated carbocycles. The van der Waals surface area contributed by atoms with Crippen molar-refractivity contribution in [2.24, 2.45) is 10.2 Å². The van der Waals surface area contributed by atoms with E-state index < -0.39 is 21.2 Å². The molecule has 0 atom stereocenters. The molecular formula is C18H15N5O5. The monoisotopic (exact) mass is 381 g/mol. The number of aromatic hydroxyl groups is 1. The minimum absolute atomic E-state index is 0.143. The van der Waals surface area contributed by atoms with Gasteiger partial charge >= 0.3 is 5.69 Å². The van der Waals surface area contributed by atoms with Crippen LogP contribution in [0.2, 0.25) is 0 Å². The molecule has 142 valence electrons. The first-order valence-corrected chi connectivity index (χ1v) is 8.25. The van der Waals surface area contributed by atoms with E-state index in [2.05, 4.69) is 15.5 Å². The van der Waals surface area contributed by atoms with E-state index >= 15 is 0 Å². The van der Waals surface area contributed by atoms with Crippen molar-refractivity contribution >= 4 is 39.2 Å². The molecule has 3 aromatic rings. The smallest absolute Gasteiger partial charge is 0.303 e. The second-order valence-corrected chi connectivity index (χ2v) is 5.76. The number of anilines is 1. The van der Waals surface area contributed by atoms with Gasteiger partial charge in [0.15, 0.2) is 5.69 Å². The van der Waals surface area contributed by atoms with Crippen molar-refractivity contribution in [2.45, 2.75) is 6.92 Å². The van der Waals surface area contributed by atoms with E-state index in [1.165, 1.54) is 6.07 Å². The predicted octanol–water partition coefficient (Wildman–Crippen LogP) is 5.21. The van der Waals surface area contributed by atoms with Gasteiger partial charge in [-0.1, -0.05) is 24.3 Å². The van der Waals surface area contributed by atoms with Gasteiger partial charge in [-0.05, 0) is 13.0 Å². The van der Waals surface area contributed by atoms with Crippen molar-refractivity contribution in [2.75, 3.05) is 11.9 Å². The number of phenolic OH excluding ortho intramolecular Hbond substituents is 1. The highest BCUT2D eigenvalue weighted by atomic mass is 16.6. The summed E-state index contributed by atoms with van der Waals surface area (Å²) in [6.45, 7) is 2.58. The standard InChI is InChI=1S/C18H15N5O5/c1-2-19-15-10-17(24)18(13-6-4-3-5-12(13)15)21-20-14-8-7-11(22(25)26)9-16(14)23(27)28/h3-10,19,24H,2H2,1H3. The zero-order valence-corrected chi connectivity index (χ0v) is 14.7. The Labute approximate surface area is 158 Å². The van der Waals surface area contributed by atoms with Crippen LogP contribution in [-0.2, 0) is 0 Å². The van der Waals surface area contributed by atoms with Crippen LogP contribution in [0.25, 0.3) is 10.8 Å². The lowest BCUT2D eigenvalue weighted by atomic mass is 10.1. The largest absolute Gasteiger partial charge is 0.506 e. The summed E-state index contributed by atoms with van der Waals surface area (Å²) in [5.41, 5.74) is -0.268. The van der Waals surface area contributed by atoms with E-state index in [9.17, 15) is 25.3 Å². The molecule has 0 heterocycles. The number of nitrogens with one attached hydrogen (secondary N) is 1. The molecule has 3 aromatic carbocycles. The lowest BCUT2D eigenvalue weighted by Gasteiger charge is -2.11. The second kappa shape index (κ2) is 7.66. The van der Waals surface area contributed by atoms with Crippen molar-refractivity contribution in [1.82, 2.24) is 0 Å². The van der Waals surface area contributed by atoms with Gasteiger partial charge < -0.3 is 10.4 Å². The number of nitro groups is 2. The summed E-state index contributed by atoms with van der Waals surface area (Å²) in [5.74, 6) is -0.150. The number of rotatable bonds is 6. The molecule has 0 aromatic heterocycles. The SMILES string of the molecule is CCNc1cc(O)c(N=Nc2ccc([N+](=O)[O-])cc2[N+](=O)[O-])c2ccccc12. The lowest BCUT2D eigenvalue weighted by Crippen LogP contribution is -1.97. The predicted molar refractivity (Wildman–Crippen MR) is 104 cm³/mol. The molecule has 0 saturated heterocycles. The molecule has 10 heteroatoms. The molecule has 3 rings (SSSR count). The molecule has 0 radical (unpaired) electrons.